The zero-order valence-electron chi connectivity index (χ0n) is 14.9. The molecule has 2 aliphatic heterocycles. The Bertz CT molecular complexity index is 788. The molecule has 1 aromatic rings. The van der Waals surface area contributed by atoms with Crippen molar-refractivity contribution in [2.75, 3.05) is 19.6 Å². The highest BCUT2D eigenvalue weighted by molar-refractivity contribution is 6.22. The molecule has 2 atom stereocenters. The second-order valence-corrected chi connectivity index (χ2v) is 7.01. The highest BCUT2D eigenvalue weighted by Crippen LogP contribution is 2.28. The van der Waals surface area contributed by atoms with E-state index in [-0.39, 0.29) is 35.7 Å². The second kappa shape index (κ2) is 6.90. The van der Waals surface area contributed by atoms with Gasteiger partial charge in [-0.25, -0.2) is 0 Å². The Morgan fingerprint density at radius 1 is 1.15 bits per heavy atom. The zero-order valence-corrected chi connectivity index (χ0v) is 14.9. The van der Waals surface area contributed by atoms with Gasteiger partial charge in [-0.15, -0.1) is 0 Å². The number of fused-ring (bicyclic) bond motifs is 1. The van der Waals surface area contributed by atoms with Crippen LogP contribution < -0.4 is 0 Å². The molecular weight excluding hydrogens is 336 g/mol. The summed E-state index contributed by atoms with van der Waals surface area (Å²) in [5.41, 5.74) is 0.875. The lowest BCUT2D eigenvalue weighted by atomic mass is 9.99. The lowest BCUT2D eigenvalue weighted by Gasteiger charge is -2.16. The Kier molecular flexibility index (Phi) is 4.80. The number of amides is 3. The first-order valence-corrected chi connectivity index (χ1v) is 8.87. The van der Waals surface area contributed by atoms with Gasteiger partial charge in [-0.3, -0.25) is 24.1 Å². The molecule has 0 bridgehead atoms. The lowest BCUT2D eigenvalue weighted by molar-refractivity contribution is -0.142. The fourth-order valence-electron chi connectivity index (χ4n) is 3.58. The van der Waals surface area contributed by atoms with Crippen LogP contribution in [0.15, 0.2) is 18.2 Å². The first-order chi connectivity index (χ1) is 12.3. The summed E-state index contributed by atoms with van der Waals surface area (Å²) >= 11 is 0. The molecule has 1 fully saturated rings. The fraction of sp³-hybridized carbons (Fsp3) is 0.474. The topological polar surface area (TPSA) is 95.0 Å². The lowest BCUT2D eigenvalue weighted by Crippen LogP contribution is -2.30. The van der Waals surface area contributed by atoms with E-state index >= 15 is 0 Å². The number of hydrogen-bond donors (Lipinski definition) is 1. The summed E-state index contributed by atoms with van der Waals surface area (Å²) in [6.07, 6.45) is 1.61. The third-order valence-electron chi connectivity index (χ3n) is 5.17. The van der Waals surface area contributed by atoms with Crippen molar-refractivity contribution in [2.45, 2.75) is 26.7 Å². The Labute approximate surface area is 151 Å². The van der Waals surface area contributed by atoms with Crippen LogP contribution in [0.5, 0.6) is 0 Å². The third kappa shape index (κ3) is 2.98. The zero-order chi connectivity index (χ0) is 19.0. The standard InChI is InChI=1S/C19H22N2O5/c1-3-4-7-21-17(23)13-6-5-12(8-14(13)18(21)24)16(22)20-9-11(2)15(10-20)19(25)26/h5-6,8,11,15H,3-4,7,9-10H2,1-2H3,(H,25,26)/t11-,15-/m1/s1. The van der Waals surface area contributed by atoms with E-state index in [0.29, 0.717) is 24.2 Å². The number of imide groups is 1. The van der Waals surface area contributed by atoms with E-state index in [1.807, 2.05) is 13.8 Å². The summed E-state index contributed by atoms with van der Waals surface area (Å²) < 4.78 is 0. The van der Waals surface area contributed by atoms with E-state index in [2.05, 4.69) is 0 Å². The fourth-order valence-corrected chi connectivity index (χ4v) is 3.58. The molecule has 0 radical (unpaired) electrons. The van der Waals surface area contributed by atoms with Gasteiger partial charge < -0.3 is 10.0 Å². The molecule has 2 aliphatic rings. The Hall–Kier alpha value is -2.70. The molecule has 0 spiro atoms. The predicted octanol–water partition coefficient (Wildman–Crippen LogP) is 1.88. The van der Waals surface area contributed by atoms with Crippen LogP contribution in [0.1, 0.15) is 57.8 Å². The van der Waals surface area contributed by atoms with Crippen LogP contribution in [-0.2, 0) is 4.79 Å². The molecule has 1 N–H and O–H groups in total. The summed E-state index contributed by atoms with van der Waals surface area (Å²) in [6, 6.07) is 4.51. The molecule has 7 heteroatoms. The maximum absolute atomic E-state index is 12.7. The normalized spacial score (nSPS) is 22.1. The van der Waals surface area contributed by atoms with Gasteiger partial charge in [0.05, 0.1) is 17.0 Å². The van der Waals surface area contributed by atoms with Gasteiger partial charge in [0, 0.05) is 25.2 Å². The number of rotatable bonds is 5. The molecule has 138 valence electrons. The first kappa shape index (κ1) is 18.1. The molecule has 1 aromatic carbocycles. The minimum absolute atomic E-state index is 0.126. The summed E-state index contributed by atoms with van der Waals surface area (Å²) in [6.45, 7) is 4.68. The molecule has 0 aromatic heterocycles. The average Bonchev–Trinajstić information content (AvgIpc) is 3.12. The van der Waals surface area contributed by atoms with Gasteiger partial charge in [0.15, 0.2) is 0 Å². The smallest absolute Gasteiger partial charge is 0.308 e. The van der Waals surface area contributed by atoms with E-state index in [4.69, 9.17) is 0 Å². The van der Waals surface area contributed by atoms with Crippen molar-refractivity contribution in [1.29, 1.82) is 0 Å². The number of carbonyl (C=O) groups excluding carboxylic acids is 3. The van der Waals surface area contributed by atoms with Gasteiger partial charge in [0.2, 0.25) is 0 Å². The largest absolute Gasteiger partial charge is 0.481 e. The average molecular weight is 358 g/mol. The van der Waals surface area contributed by atoms with Gasteiger partial charge in [-0.2, -0.15) is 0 Å². The SMILES string of the molecule is CCCCN1C(=O)c2ccc(C(=O)N3C[C@@H](C)[C@H](C(=O)O)C3)cc2C1=O. The molecule has 1 saturated heterocycles. The van der Waals surface area contributed by atoms with Gasteiger partial charge in [-0.1, -0.05) is 20.3 Å². The molecule has 3 rings (SSSR count). The summed E-state index contributed by atoms with van der Waals surface area (Å²) in [4.78, 5) is 51.6. The molecule has 0 aliphatic carbocycles. The summed E-state index contributed by atoms with van der Waals surface area (Å²) in [7, 11) is 0. The quantitative estimate of drug-likeness (QED) is 0.811. The van der Waals surface area contributed by atoms with Gasteiger partial charge in [0.25, 0.3) is 17.7 Å². The minimum Gasteiger partial charge on any atom is -0.481 e. The number of likely N-dealkylation sites (tertiary alicyclic amines) is 1. The monoisotopic (exact) mass is 358 g/mol. The van der Waals surface area contributed by atoms with E-state index in [1.165, 1.54) is 28.0 Å². The third-order valence-corrected chi connectivity index (χ3v) is 5.17. The van der Waals surface area contributed by atoms with Crippen LogP contribution in [0, 0.1) is 11.8 Å². The van der Waals surface area contributed by atoms with Crippen molar-refractivity contribution >= 4 is 23.7 Å². The number of benzene rings is 1. The molecule has 3 amide bonds. The summed E-state index contributed by atoms with van der Waals surface area (Å²) in [5.74, 6) is -2.62. The molecule has 26 heavy (non-hydrogen) atoms. The molecule has 0 saturated carbocycles. The van der Waals surface area contributed by atoms with Crippen LogP contribution >= 0.6 is 0 Å². The van der Waals surface area contributed by atoms with Crippen LogP contribution in [0.2, 0.25) is 0 Å². The number of carbonyl (C=O) groups is 4. The number of aliphatic carboxylic acids is 1. The van der Waals surface area contributed by atoms with E-state index in [9.17, 15) is 24.3 Å². The highest BCUT2D eigenvalue weighted by atomic mass is 16.4. The van der Waals surface area contributed by atoms with E-state index < -0.39 is 11.9 Å². The van der Waals surface area contributed by atoms with Crippen LogP contribution in [0.3, 0.4) is 0 Å². The van der Waals surface area contributed by atoms with Gasteiger partial charge in [0.1, 0.15) is 0 Å². The minimum atomic E-state index is -0.908. The van der Waals surface area contributed by atoms with Crippen molar-refractivity contribution in [3.8, 4) is 0 Å². The molecule has 7 nitrogen and oxygen atoms in total. The number of carboxylic acid groups (broad SMARTS) is 1. The van der Waals surface area contributed by atoms with E-state index in [0.717, 1.165) is 12.8 Å². The summed E-state index contributed by atoms with van der Waals surface area (Å²) in [5, 5.41) is 9.22. The Morgan fingerprint density at radius 2 is 1.85 bits per heavy atom. The number of unbranched alkanes of at least 4 members (excludes halogenated alkanes) is 1. The van der Waals surface area contributed by atoms with Gasteiger partial charge in [-0.05, 0) is 30.5 Å². The van der Waals surface area contributed by atoms with Crippen molar-refractivity contribution in [3.63, 3.8) is 0 Å². The maximum Gasteiger partial charge on any atom is 0.308 e. The maximum atomic E-state index is 12.7. The van der Waals surface area contributed by atoms with Crippen molar-refractivity contribution in [1.82, 2.24) is 9.80 Å². The number of hydrogen-bond acceptors (Lipinski definition) is 4. The highest BCUT2D eigenvalue weighted by Gasteiger charge is 2.39. The van der Waals surface area contributed by atoms with Gasteiger partial charge >= 0.3 is 5.97 Å². The molecular formula is C19H22N2O5. The van der Waals surface area contributed by atoms with E-state index in [1.54, 1.807) is 0 Å². The Balaban J connectivity index is 1.82. The van der Waals surface area contributed by atoms with Crippen LogP contribution in [0.25, 0.3) is 0 Å². The predicted molar refractivity (Wildman–Crippen MR) is 92.9 cm³/mol. The molecule has 2 heterocycles. The van der Waals surface area contributed by atoms with Crippen molar-refractivity contribution < 1.29 is 24.3 Å². The number of nitrogens with zero attached hydrogens (tertiary/aromatic N) is 2. The van der Waals surface area contributed by atoms with Crippen LogP contribution in [0.4, 0.5) is 0 Å². The first-order valence-electron chi connectivity index (χ1n) is 8.87. The van der Waals surface area contributed by atoms with Crippen molar-refractivity contribution in [3.05, 3.63) is 34.9 Å². The molecule has 0 unspecified atom stereocenters. The Morgan fingerprint density at radius 3 is 2.46 bits per heavy atom. The number of carboxylic acids is 1. The van der Waals surface area contributed by atoms with Crippen LogP contribution in [-0.4, -0.2) is 58.2 Å². The van der Waals surface area contributed by atoms with Crippen molar-refractivity contribution in [2.24, 2.45) is 11.8 Å². The second-order valence-electron chi connectivity index (χ2n) is 7.01.